The van der Waals surface area contributed by atoms with E-state index in [4.69, 9.17) is 9.73 Å². The predicted molar refractivity (Wildman–Crippen MR) is 84.3 cm³/mol. The number of ether oxygens (including phenoxy) is 1. The van der Waals surface area contributed by atoms with Crippen LogP contribution < -0.4 is 9.64 Å². The molecule has 0 unspecified atom stereocenters. The van der Waals surface area contributed by atoms with Gasteiger partial charge in [-0.3, -0.25) is 9.89 Å². The summed E-state index contributed by atoms with van der Waals surface area (Å²) in [7, 11) is 1.68. The normalized spacial score (nSPS) is 17.8. The summed E-state index contributed by atoms with van der Waals surface area (Å²) in [4.78, 5) is 6.96. The molecule has 0 radical (unpaired) electrons. The van der Waals surface area contributed by atoms with Gasteiger partial charge in [0.15, 0.2) is 5.17 Å². The first-order valence-corrected chi connectivity index (χ1v) is 7.47. The molecule has 0 atom stereocenters. The van der Waals surface area contributed by atoms with E-state index < -0.39 is 0 Å². The summed E-state index contributed by atoms with van der Waals surface area (Å²) in [5.74, 6) is 0.866. The van der Waals surface area contributed by atoms with Crippen LogP contribution in [0.5, 0.6) is 5.75 Å². The highest BCUT2D eigenvalue weighted by Crippen LogP contribution is 2.31. The van der Waals surface area contributed by atoms with Gasteiger partial charge in [0.25, 0.3) is 0 Å². The van der Waals surface area contributed by atoms with Gasteiger partial charge in [0.05, 0.1) is 12.6 Å². The van der Waals surface area contributed by atoms with Crippen molar-refractivity contribution in [3.05, 3.63) is 36.0 Å². The topological polar surface area (TPSA) is 24.8 Å². The third-order valence-electron chi connectivity index (χ3n) is 3.00. The van der Waals surface area contributed by atoms with Crippen molar-refractivity contribution in [1.29, 1.82) is 0 Å². The Morgan fingerprint density at radius 1 is 1.21 bits per heavy atom. The first-order valence-electron chi connectivity index (χ1n) is 6.24. The molecule has 1 aromatic carbocycles. The molecule has 1 aliphatic heterocycles. The van der Waals surface area contributed by atoms with E-state index in [0.29, 0.717) is 0 Å². The average molecular weight is 276 g/mol. The van der Waals surface area contributed by atoms with Crippen LogP contribution in [0.3, 0.4) is 0 Å². The smallest absolute Gasteiger partial charge is 0.168 e. The van der Waals surface area contributed by atoms with Crippen LogP contribution in [0.1, 0.15) is 20.8 Å². The fraction of sp³-hybridized carbons (Fsp3) is 0.400. The molecule has 1 heterocycles. The van der Waals surface area contributed by atoms with Gasteiger partial charge >= 0.3 is 0 Å². The number of benzene rings is 1. The van der Waals surface area contributed by atoms with E-state index in [-0.39, 0.29) is 5.54 Å². The lowest BCUT2D eigenvalue weighted by Crippen LogP contribution is -2.35. The standard InChI is InChI=1S/C15H20N2OS/c1-11-10-15(2,3)16-14(19-5)17(11)12-6-8-13(18-4)9-7-12/h6-10H,1-5H3. The van der Waals surface area contributed by atoms with Gasteiger partial charge in [0, 0.05) is 11.4 Å². The highest BCUT2D eigenvalue weighted by atomic mass is 32.2. The third kappa shape index (κ3) is 2.95. The monoisotopic (exact) mass is 276 g/mol. The van der Waals surface area contributed by atoms with Gasteiger partial charge in [-0.2, -0.15) is 0 Å². The van der Waals surface area contributed by atoms with E-state index in [1.807, 2.05) is 12.1 Å². The molecule has 0 bridgehead atoms. The van der Waals surface area contributed by atoms with Gasteiger partial charge in [-0.25, -0.2) is 0 Å². The van der Waals surface area contributed by atoms with Crippen LogP contribution in [0, 0.1) is 0 Å². The second-order valence-corrected chi connectivity index (χ2v) is 5.84. The Balaban J connectivity index is 2.39. The van der Waals surface area contributed by atoms with Crippen LogP contribution in [0.25, 0.3) is 0 Å². The number of amidine groups is 1. The Labute approximate surface area is 119 Å². The SMILES string of the molecule is COc1ccc(N2C(C)=CC(C)(C)N=C2SC)cc1. The summed E-state index contributed by atoms with van der Waals surface area (Å²) >= 11 is 1.67. The van der Waals surface area contributed by atoms with Gasteiger partial charge in [0.2, 0.25) is 0 Å². The second-order valence-electron chi connectivity index (χ2n) is 5.07. The molecule has 1 aliphatic rings. The number of methoxy groups -OCH3 is 1. The summed E-state index contributed by atoms with van der Waals surface area (Å²) in [5.41, 5.74) is 2.18. The fourth-order valence-corrected chi connectivity index (χ4v) is 3.00. The highest BCUT2D eigenvalue weighted by Gasteiger charge is 2.26. The molecular weight excluding hydrogens is 256 g/mol. The number of rotatable bonds is 2. The molecule has 0 amide bonds. The van der Waals surface area contributed by atoms with Crippen LogP contribution in [-0.2, 0) is 0 Å². The average Bonchev–Trinajstić information content (AvgIpc) is 2.37. The van der Waals surface area contributed by atoms with Crippen LogP contribution in [0.2, 0.25) is 0 Å². The summed E-state index contributed by atoms with van der Waals surface area (Å²) < 4.78 is 5.20. The molecule has 2 rings (SSSR count). The number of hydrogen-bond donors (Lipinski definition) is 0. The summed E-state index contributed by atoms with van der Waals surface area (Å²) in [6.07, 6.45) is 4.25. The van der Waals surface area contributed by atoms with E-state index in [2.05, 4.69) is 50.1 Å². The number of hydrogen-bond acceptors (Lipinski definition) is 4. The largest absolute Gasteiger partial charge is 0.497 e. The zero-order valence-electron chi connectivity index (χ0n) is 12.1. The first-order chi connectivity index (χ1) is 8.96. The Morgan fingerprint density at radius 2 is 1.84 bits per heavy atom. The molecule has 4 heteroatoms. The van der Waals surface area contributed by atoms with Crippen molar-refractivity contribution in [2.24, 2.45) is 4.99 Å². The molecule has 0 aliphatic carbocycles. The molecule has 0 aromatic heterocycles. The highest BCUT2D eigenvalue weighted by molar-refractivity contribution is 8.13. The summed E-state index contributed by atoms with van der Waals surface area (Å²) in [6.45, 7) is 6.37. The molecule has 19 heavy (non-hydrogen) atoms. The molecule has 0 N–H and O–H groups in total. The minimum absolute atomic E-state index is 0.134. The lowest BCUT2D eigenvalue weighted by atomic mass is 10.0. The number of anilines is 1. The van der Waals surface area contributed by atoms with E-state index in [0.717, 1.165) is 16.6 Å². The molecule has 0 fully saturated rings. The number of aliphatic imine (C=N–C) groups is 1. The lowest BCUT2D eigenvalue weighted by molar-refractivity contribution is 0.415. The molecule has 3 nitrogen and oxygen atoms in total. The summed E-state index contributed by atoms with van der Waals surface area (Å²) in [5, 5.41) is 1.02. The van der Waals surface area contributed by atoms with E-state index >= 15 is 0 Å². The number of thioether (sulfide) groups is 1. The third-order valence-corrected chi connectivity index (χ3v) is 3.64. The van der Waals surface area contributed by atoms with Gasteiger partial charge in [0.1, 0.15) is 5.75 Å². The maximum Gasteiger partial charge on any atom is 0.168 e. The van der Waals surface area contributed by atoms with E-state index in [1.165, 1.54) is 5.70 Å². The molecule has 102 valence electrons. The molecule has 1 aromatic rings. The predicted octanol–water partition coefficient (Wildman–Crippen LogP) is 3.92. The van der Waals surface area contributed by atoms with Crippen LogP contribution in [0.15, 0.2) is 41.0 Å². The van der Waals surface area contributed by atoms with Gasteiger partial charge in [-0.15, -0.1) is 0 Å². The van der Waals surface area contributed by atoms with Gasteiger partial charge in [-0.05, 0) is 57.4 Å². The minimum atomic E-state index is -0.134. The zero-order valence-corrected chi connectivity index (χ0v) is 12.9. The van der Waals surface area contributed by atoms with E-state index in [9.17, 15) is 0 Å². The van der Waals surface area contributed by atoms with Gasteiger partial charge in [-0.1, -0.05) is 11.8 Å². The van der Waals surface area contributed by atoms with Crippen molar-refractivity contribution >= 4 is 22.6 Å². The number of allylic oxidation sites excluding steroid dienone is 1. The first kappa shape index (κ1) is 14.0. The maximum atomic E-state index is 5.20. The zero-order chi connectivity index (χ0) is 14.0. The molecule has 0 saturated carbocycles. The lowest BCUT2D eigenvalue weighted by Gasteiger charge is -2.34. The van der Waals surface area contributed by atoms with Crippen molar-refractivity contribution in [3.8, 4) is 5.75 Å². The van der Waals surface area contributed by atoms with Crippen LogP contribution in [0.4, 0.5) is 5.69 Å². The second kappa shape index (κ2) is 5.29. The summed E-state index contributed by atoms with van der Waals surface area (Å²) in [6, 6.07) is 8.06. The number of nitrogens with zero attached hydrogens (tertiary/aromatic N) is 2. The Morgan fingerprint density at radius 3 is 2.37 bits per heavy atom. The van der Waals surface area contributed by atoms with Gasteiger partial charge < -0.3 is 4.74 Å². The fourth-order valence-electron chi connectivity index (χ4n) is 2.24. The maximum absolute atomic E-state index is 5.20. The Bertz CT molecular complexity index is 517. The van der Waals surface area contributed by atoms with E-state index in [1.54, 1.807) is 18.9 Å². The van der Waals surface area contributed by atoms with Crippen molar-refractivity contribution in [2.75, 3.05) is 18.3 Å². The molecular formula is C15H20N2OS. The Kier molecular flexibility index (Phi) is 3.90. The quantitative estimate of drug-likeness (QED) is 0.818. The van der Waals surface area contributed by atoms with Crippen molar-refractivity contribution < 1.29 is 4.74 Å². The van der Waals surface area contributed by atoms with Crippen LogP contribution in [-0.4, -0.2) is 24.1 Å². The van der Waals surface area contributed by atoms with Crippen molar-refractivity contribution in [3.63, 3.8) is 0 Å². The Hall–Kier alpha value is -1.42. The van der Waals surface area contributed by atoms with Crippen molar-refractivity contribution in [2.45, 2.75) is 26.3 Å². The minimum Gasteiger partial charge on any atom is -0.497 e. The van der Waals surface area contributed by atoms with Crippen LogP contribution >= 0.6 is 11.8 Å². The van der Waals surface area contributed by atoms with Crippen molar-refractivity contribution in [1.82, 2.24) is 0 Å². The molecule has 0 spiro atoms. The molecule has 0 saturated heterocycles.